The van der Waals surface area contributed by atoms with Gasteiger partial charge in [-0.25, -0.2) is 5.48 Å². The molecule has 0 atom stereocenters. The highest BCUT2D eigenvalue weighted by atomic mass is 32.1. The van der Waals surface area contributed by atoms with Gasteiger partial charge in [-0.05, 0) is 19.1 Å². The van der Waals surface area contributed by atoms with Gasteiger partial charge in [-0.15, -0.1) is 11.3 Å². The molecule has 0 spiro atoms. The minimum Gasteiger partial charge on any atom is -0.382 e. The van der Waals surface area contributed by atoms with Crippen molar-refractivity contribution in [1.82, 2.24) is 5.48 Å². The third kappa shape index (κ3) is 3.45. The number of nitrogens with one attached hydrogen (secondary N) is 1. The van der Waals surface area contributed by atoms with E-state index < -0.39 is 0 Å². The van der Waals surface area contributed by atoms with Gasteiger partial charge in [-0.3, -0.25) is 9.63 Å². The summed E-state index contributed by atoms with van der Waals surface area (Å²) in [5.74, 6) is -0.209. The topological polar surface area (TPSA) is 47.6 Å². The number of ether oxygens (including phenoxy) is 1. The predicted molar refractivity (Wildman–Crippen MR) is 54.4 cm³/mol. The zero-order valence-corrected chi connectivity index (χ0v) is 9.02. The van der Waals surface area contributed by atoms with Gasteiger partial charge in [-0.1, -0.05) is 0 Å². The molecule has 0 aliphatic carbocycles. The number of rotatable bonds is 5. The van der Waals surface area contributed by atoms with Crippen molar-refractivity contribution in [3.8, 4) is 0 Å². The van der Waals surface area contributed by atoms with Crippen molar-refractivity contribution in [3.05, 3.63) is 21.9 Å². The number of hydrogen-bond acceptors (Lipinski definition) is 4. The van der Waals surface area contributed by atoms with Crippen LogP contribution < -0.4 is 5.48 Å². The Morgan fingerprint density at radius 2 is 2.29 bits per heavy atom. The smallest absolute Gasteiger partial charge is 0.284 e. The molecule has 0 fully saturated rings. The molecule has 0 saturated heterocycles. The van der Waals surface area contributed by atoms with Crippen molar-refractivity contribution in [2.75, 3.05) is 20.3 Å². The summed E-state index contributed by atoms with van der Waals surface area (Å²) in [5.41, 5.74) is 2.34. The van der Waals surface area contributed by atoms with Crippen molar-refractivity contribution in [2.24, 2.45) is 0 Å². The predicted octanol–water partition coefficient (Wildman–Crippen LogP) is 1.36. The summed E-state index contributed by atoms with van der Waals surface area (Å²) in [7, 11) is 1.58. The third-order valence-corrected chi connectivity index (χ3v) is 2.52. The maximum Gasteiger partial charge on any atom is 0.284 e. The number of carbonyl (C=O) groups is 1. The van der Waals surface area contributed by atoms with Crippen LogP contribution >= 0.6 is 11.3 Å². The van der Waals surface area contributed by atoms with Crippen molar-refractivity contribution < 1.29 is 14.4 Å². The highest BCUT2D eigenvalue weighted by Crippen LogP contribution is 2.14. The molecule has 0 aromatic carbocycles. The molecule has 0 aliphatic heterocycles. The number of thiophene rings is 1. The quantitative estimate of drug-likeness (QED) is 0.596. The lowest BCUT2D eigenvalue weighted by Crippen LogP contribution is -2.24. The Labute approximate surface area is 86.8 Å². The molecule has 1 N–H and O–H groups in total. The van der Waals surface area contributed by atoms with Gasteiger partial charge in [-0.2, -0.15) is 0 Å². The molecule has 0 saturated carbocycles. The van der Waals surface area contributed by atoms with Crippen LogP contribution in [0.1, 0.15) is 14.5 Å². The maximum absolute atomic E-state index is 11.4. The van der Waals surface area contributed by atoms with Crippen LogP contribution in [-0.4, -0.2) is 26.2 Å². The van der Waals surface area contributed by atoms with E-state index in [1.807, 2.05) is 13.0 Å². The van der Waals surface area contributed by atoms with E-state index >= 15 is 0 Å². The first-order chi connectivity index (χ1) is 6.74. The Morgan fingerprint density at radius 3 is 2.86 bits per heavy atom. The minimum absolute atomic E-state index is 0.209. The van der Waals surface area contributed by atoms with Gasteiger partial charge in [0.1, 0.15) is 0 Å². The van der Waals surface area contributed by atoms with Gasteiger partial charge in [0.2, 0.25) is 0 Å². The number of aryl methyl sites for hydroxylation is 1. The van der Waals surface area contributed by atoms with Gasteiger partial charge in [0, 0.05) is 12.0 Å². The maximum atomic E-state index is 11.4. The Morgan fingerprint density at radius 1 is 1.50 bits per heavy atom. The Hall–Kier alpha value is -0.910. The van der Waals surface area contributed by atoms with E-state index in [4.69, 9.17) is 9.57 Å². The molecule has 0 radical (unpaired) electrons. The van der Waals surface area contributed by atoms with Crippen LogP contribution in [0.3, 0.4) is 0 Å². The van der Waals surface area contributed by atoms with Crippen molar-refractivity contribution >= 4 is 17.2 Å². The first-order valence-electron chi connectivity index (χ1n) is 4.21. The summed E-state index contributed by atoms with van der Waals surface area (Å²) in [6.45, 7) is 2.77. The van der Waals surface area contributed by atoms with E-state index in [2.05, 4.69) is 5.48 Å². The first-order valence-corrected chi connectivity index (χ1v) is 5.03. The van der Waals surface area contributed by atoms with Crippen LogP contribution in [0.2, 0.25) is 0 Å². The molecule has 0 aliphatic rings. The molecule has 78 valence electrons. The van der Waals surface area contributed by atoms with Crippen LogP contribution in [0, 0.1) is 6.92 Å². The zero-order chi connectivity index (χ0) is 10.4. The Kier molecular flexibility index (Phi) is 4.58. The van der Waals surface area contributed by atoms with Crippen LogP contribution in [-0.2, 0) is 9.57 Å². The third-order valence-electron chi connectivity index (χ3n) is 1.52. The fraction of sp³-hybridized carbons (Fsp3) is 0.444. The fourth-order valence-corrected chi connectivity index (χ4v) is 1.60. The molecule has 14 heavy (non-hydrogen) atoms. The summed E-state index contributed by atoms with van der Waals surface area (Å²) >= 11 is 1.44. The molecular weight excluding hydrogens is 202 g/mol. The zero-order valence-electron chi connectivity index (χ0n) is 8.20. The molecule has 1 heterocycles. The van der Waals surface area contributed by atoms with Gasteiger partial charge in [0.15, 0.2) is 0 Å². The van der Waals surface area contributed by atoms with Gasteiger partial charge in [0.25, 0.3) is 5.91 Å². The number of methoxy groups -OCH3 is 1. The van der Waals surface area contributed by atoms with E-state index in [-0.39, 0.29) is 5.91 Å². The first kappa shape index (κ1) is 11.2. The summed E-state index contributed by atoms with van der Waals surface area (Å²) in [6, 6.07) is 3.67. The van der Waals surface area contributed by atoms with Gasteiger partial charge in [0.05, 0.1) is 18.1 Å². The van der Waals surface area contributed by atoms with Gasteiger partial charge >= 0.3 is 0 Å². The normalized spacial score (nSPS) is 10.1. The highest BCUT2D eigenvalue weighted by molar-refractivity contribution is 7.13. The lowest BCUT2D eigenvalue weighted by Gasteiger charge is -2.02. The second-order valence-electron chi connectivity index (χ2n) is 2.68. The average molecular weight is 215 g/mol. The summed E-state index contributed by atoms with van der Waals surface area (Å²) in [4.78, 5) is 18.0. The molecule has 1 aromatic rings. The molecule has 1 aromatic heterocycles. The molecule has 4 nitrogen and oxygen atoms in total. The standard InChI is InChI=1S/C9H13NO3S/c1-7-3-4-8(14-7)9(11)10-13-6-5-12-2/h3-4H,5-6H2,1-2H3,(H,10,11). The van der Waals surface area contributed by atoms with Crippen molar-refractivity contribution in [3.63, 3.8) is 0 Å². The molecule has 5 heteroatoms. The van der Waals surface area contributed by atoms with E-state index in [1.54, 1.807) is 13.2 Å². The van der Waals surface area contributed by atoms with Crippen molar-refractivity contribution in [1.29, 1.82) is 0 Å². The molecule has 0 unspecified atom stereocenters. The Balaban J connectivity index is 2.29. The van der Waals surface area contributed by atoms with Crippen LogP contribution in [0.25, 0.3) is 0 Å². The molecule has 1 amide bonds. The van der Waals surface area contributed by atoms with Crippen LogP contribution in [0.5, 0.6) is 0 Å². The van der Waals surface area contributed by atoms with Crippen LogP contribution in [0.15, 0.2) is 12.1 Å². The number of hydroxylamine groups is 1. The second kappa shape index (κ2) is 5.74. The second-order valence-corrected chi connectivity index (χ2v) is 3.97. The monoisotopic (exact) mass is 215 g/mol. The van der Waals surface area contributed by atoms with Gasteiger partial charge < -0.3 is 4.74 Å². The van der Waals surface area contributed by atoms with Crippen molar-refractivity contribution in [2.45, 2.75) is 6.92 Å². The molecule has 1 rings (SSSR count). The SMILES string of the molecule is COCCONC(=O)c1ccc(C)s1. The lowest BCUT2D eigenvalue weighted by atomic mass is 10.4. The van der Waals surface area contributed by atoms with E-state index in [1.165, 1.54) is 11.3 Å². The largest absolute Gasteiger partial charge is 0.382 e. The number of carbonyl (C=O) groups excluding carboxylic acids is 1. The van der Waals surface area contributed by atoms with E-state index in [0.717, 1.165) is 4.88 Å². The highest BCUT2D eigenvalue weighted by Gasteiger charge is 2.06. The van der Waals surface area contributed by atoms with E-state index in [9.17, 15) is 4.79 Å². The number of hydrogen-bond donors (Lipinski definition) is 1. The minimum atomic E-state index is -0.209. The van der Waals surface area contributed by atoms with E-state index in [0.29, 0.717) is 18.1 Å². The fourth-order valence-electron chi connectivity index (χ4n) is 0.848. The summed E-state index contributed by atoms with van der Waals surface area (Å²) in [5, 5.41) is 0. The summed E-state index contributed by atoms with van der Waals surface area (Å²) in [6.07, 6.45) is 0. The van der Waals surface area contributed by atoms with Crippen LogP contribution in [0.4, 0.5) is 0 Å². The lowest BCUT2D eigenvalue weighted by molar-refractivity contribution is 0.00915. The average Bonchev–Trinajstić information content (AvgIpc) is 2.59. The molecule has 0 bridgehead atoms. The number of amides is 1. The Bertz CT molecular complexity index is 298. The molecular formula is C9H13NO3S. The summed E-state index contributed by atoms with van der Waals surface area (Å²) < 4.78 is 4.76.